The molecule has 2 aromatic carbocycles. The predicted octanol–water partition coefficient (Wildman–Crippen LogP) is 3.67. The summed E-state index contributed by atoms with van der Waals surface area (Å²) in [7, 11) is 0. The maximum Gasteiger partial charge on any atom is 0.191 e. The van der Waals surface area contributed by atoms with E-state index in [1.54, 1.807) is 6.07 Å². The third-order valence-corrected chi connectivity index (χ3v) is 4.56. The molecule has 0 saturated carbocycles. The lowest BCUT2D eigenvalue weighted by molar-refractivity contribution is 0.662. The zero-order valence-corrected chi connectivity index (χ0v) is 15.0. The average Bonchev–Trinajstić information content (AvgIpc) is 2.70. The SMILES string of the molecule is O=c1cc(NCCCNCc2cnc3ccccc3c2)[nH]c2ccccc12. The van der Waals surface area contributed by atoms with Crippen molar-refractivity contribution in [1.29, 1.82) is 0 Å². The largest absolute Gasteiger partial charge is 0.371 e. The van der Waals surface area contributed by atoms with E-state index in [2.05, 4.69) is 32.7 Å². The van der Waals surface area contributed by atoms with Gasteiger partial charge >= 0.3 is 0 Å². The van der Waals surface area contributed by atoms with Crippen molar-refractivity contribution >= 4 is 27.6 Å². The zero-order chi connectivity index (χ0) is 18.5. The third-order valence-electron chi connectivity index (χ3n) is 4.56. The quantitative estimate of drug-likeness (QED) is 0.441. The number of benzene rings is 2. The Morgan fingerprint density at radius 1 is 0.963 bits per heavy atom. The van der Waals surface area contributed by atoms with Crippen LogP contribution in [0.1, 0.15) is 12.0 Å². The Bertz CT molecular complexity index is 1120. The van der Waals surface area contributed by atoms with Gasteiger partial charge in [-0.25, -0.2) is 0 Å². The summed E-state index contributed by atoms with van der Waals surface area (Å²) in [6, 6.07) is 19.5. The van der Waals surface area contributed by atoms with E-state index in [9.17, 15) is 4.79 Å². The maximum atomic E-state index is 12.1. The van der Waals surface area contributed by atoms with E-state index in [4.69, 9.17) is 0 Å². The molecule has 5 heteroatoms. The lowest BCUT2D eigenvalue weighted by Crippen LogP contribution is -2.18. The molecule has 2 heterocycles. The predicted molar refractivity (Wildman–Crippen MR) is 111 cm³/mol. The Kier molecular flexibility index (Phi) is 5.12. The van der Waals surface area contributed by atoms with Gasteiger partial charge < -0.3 is 15.6 Å². The number of nitrogens with zero attached hydrogens (tertiary/aromatic N) is 1. The Labute approximate surface area is 157 Å². The van der Waals surface area contributed by atoms with Gasteiger partial charge in [-0.3, -0.25) is 9.78 Å². The highest BCUT2D eigenvalue weighted by molar-refractivity contribution is 5.80. The number of nitrogens with one attached hydrogen (secondary N) is 3. The molecule has 4 aromatic rings. The number of anilines is 1. The number of hydrogen-bond acceptors (Lipinski definition) is 4. The molecule has 4 rings (SSSR count). The Morgan fingerprint density at radius 3 is 2.78 bits per heavy atom. The second kappa shape index (κ2) is 8.01. The minimum absolute atomic E-state index is 0.0359. The monoisotopic (exact) mass is 358 g/mol. The lowest BCUT2D eigenvalue weighted by atomic mass is 10.1. The number of pyridine rings is 2. The number of rotatable bonds is 7. The van der Waals surface area contributed by atoms with Gasteiger partial charge in [-0.05, 0) is 42.8 Å². The van der Waals surface area contributed by atoms with E-state index in [0.29, 0.717) is 5.39 Å². The second-order valence-electron chi connectivity index (χ2n) is 6.59. The van der Waals surface area contributed by atoms with Crippen LogP contribution >= 0.6 is 0 Å². The molecule has 2 aromatic heterocycles. The van der Waals surface area contributed by atoms with Gasteiger partial charge in [0, 0.05) is 36.1 Å². The highest BCUT2D eigenvalue weighted by atomic mass is 16.1. The number of aromatic amines is 1. The first-order valence-corrected chi connectivity index (χ1v) is 9.20. The molecular weight excluding hydrogens is 336 g/mol. The summed E-state index contributed by atoms with van der Waals surface area (Å²) in [5, 5.41) is 8.62. The third kappa shape index (κ3) is 4.15. The second-order valence-corrected chi connectivity index (χ2v) is 6.59. The van der Waals surface area contributed by atoms with Crippen LogP contribution in [0.5, 0.6) is 0 Å². The van der Waals surface area contributed by atoms with Gasteiger partial charge in [0.2, 0.25) is 0 Å². The van der Waals surface area contributed by atoms with Crippen molar-refractivity contribution in [3.05, 3.63) is 82.6 Å². The molecule has 27 heavy (non-hydrogen) atoms. The smallest absolute Gasteiger partial charge is 0.191 e. The molecule has 0 saturated heterocycles. The summed E-state index contributed by atoms with van der Waals surface area (Å²) in [6.07, 6.45) is 2.88. The topological polar surface area (TPSA) is 69.8 Å². The Balaban J connectivity index is 1.25. The number of hydrogen-bond donors (Lipinski definition) is 3. The first-order valence-electron chi connectivity index (χ1n) is 9.20. The van der Waals surface area contributed by atoms with Crippen molar-refractivity contribution in [2.24, 2.45) is 0 Å². The van der Waals surface area contributed by atoms with Gasteiger partial charge in [0.25, 0.3) is 0 Å². The van der Waals surface area contributed by atoms with E-state index >= 15 is 0 Å². The van der Waals surface area contributed by atoms with Crippen LogP contribution in [0, 0.1) is 0 Å². The first-order chi connectivity index (χ1) is 13.3. The van der Waals surface area contributed by atoms with Crippen LogP contribution < -0.4 is 16.1 Å². The van der Waals surface area contributed by atoms with Crippen LogP contribution in [0.2, 0.25) is 0 Å². The van der Waals surface area contributed by atoms with Gasteiger partial charge in [-0.2, -0.15) is 0 Å². The molecule has 3 N–H and O–H groups in total. The molecule has 0 atom stereocenters. The van der Waals surface area contributed by atoms with E-state index in [-0.39, 0.29) is 5.43 Å². The molecule has 0 aliphatic rings. The molecule has 5 nitrogen and oxygen atoms in total. The number of para-hydroxylation sites is 2. The van der Waals surface area contributed by atoms with Crippen LogP contribution in [0.4, 0.5) is 5.82 Å². The fraction of sp³-hybridized carbons (Fsp3) is 0.182. The van der Waals surface area contributed by atoms with Gasteiger partial charge in [0.05, 0.1) is 11.0 Å². The van der Waals surface area contributed by atoms with Crippen molar-refractivity contribution in [3.8, 4) is 0 Å². The summed E-state index contributed by atoms with van der Waals surface area (Å²) in [6.45, 7) is 2.47. The lowest BCUT2D eigenvalue weighted by Gasteiger charge is -2.09. The highest BCUT2D eigenvalue weighted by Gasteiger charge is 2.01. The molecule has 0 aliphatic heterocycles. The van der Waals surface area contributed by atoms with Crippen LogP contribution in [0.3, 0.4) is 0 Å². The average molecular weight is 358 g/mol. The van der Waals surface area contributed by atoms with Gasteiger partial charge in [-0.15, -0.1) is 0 Å². The molecule has 0 amide bonds. The molecule has 0 aliphatic carbocycles. The maximum absolute atomic E-state index is 12.1. The molecule has 0 unspecified atom stereocenters. The number of H-pyrrole nitrogens is 1. The van der Waals surface area contributed by atoms with Gasteiger partial charge in [0.15, 0.2) is 5.43 Å². The Hall–Kier alpha value is -3.18. The molecule has 136 valence electrons. The Morgan fingerprint density at radius 2 is 1.81 bits per heavy atom. The first kappa shape index (κ1) is 17.2. The van der Waals surface area contributed by atoms with Crippen LogP contribution in [0.15, 0.2) is 71.7 Å². The van der Waals surface area contributed by atoms with Crippen molar-refractivity contribution in [1.82, 2.24) is 15.3 Å². The van der Waals surface area contributed by atoms with Gasteiger partial charge in [0.1, 0.15) is 5.82 Å². The van der Waals surface area contributed by atoms with Crippen molar-refractivity contribution in [2.45, 2.75) is 13.0 Å². The van der Waals surface area contributed by atoms with Crippen LogP contribution in [0.25, 0.3) is 21.8 Å². The molecular formula is C22H22N4O. The normalized spacial score (nSPS) is 11.1. The molecule has 0 spiro atoms. The standard InChI is InChI=1S/C22H22N4O/c27-21-13-22(26-20-9-4-2-7-18(20)21)24-11-5-10-23-14-16-12-17-6-1-3-8-19(17)25-15-16/h1-4,6-9,12-13,15,23H,5,10-11,14H2,(H2,24,26,27). The van der Waals surface area contributed by atoms with Gasteiger partial charge in [-0.1, -0.05) is 30.3 Å². The highest BCUT2D eigenvalue weighted by Crippen LogP contribution is 2.12. The summed E-state index contributed by atoms with van der Waals surface area (Å²) in [5.74, 6) is 0.762. The van der Waals surface area contributed by atoms with E-state index in [1.807, 2.05) is 48.7 Å². The molecule has 0 radical (unpaired) electrons. The minimum atomic E-state index is 0.0359. The fourth-order valence-electron chi connectivity index (χ4n) is 3.17. The summed E-state index contributed by atoms with van der Waals surface area (Å²) in [4.78, 5) is 19.9. The minimum Gasteiger partial charge on any atom is -0.371 e. The summed E-state index contributed by atoms with van der Waals surface area (Å²) < 4.78 is 0. The number of aromatic nitrogens is 2. The van der Waals surface area contributed by atoms with Crippen molar-refractivity contribution in [2.75, 3.05) is 18.4 Å². The van der Waals surface area contributed by atoms with Crippen LogP contribution in [-0.2, 0) is 6.54 Å². The number of fused-ring (bicyclic) bond motifs is 2. The van der Waals surface area contributed by atoms with Crippen LogP contribution in [-0.4, -0.2) is 23.1 Å². The molecule has 0 bridgehead atoms. The van der Waals surface area contributed by atoms with E-state index in [0.717, 1.165) is 42.9 Å². The zero-order valence-electron chi connectivity index (χ0n) is 15.0. The van der Waals surface area contributed by atoms with Crippen molar-refractivity contribution < 1.29 is 0 Å². The molecule has 0 fully saturated rings. The summed E-state index contributed by atoms with van der Waals surface area (Å²) >= 11 is 0. The fourth-order valence-corrected chi connectivity index (χ4v) is 3.17. The summed E-state index contributed by atoms with van der Waals surface area (Å²) in [5.41, 5.74) is 3.10. The van der Waals surface area contributed by atoms with E-state index < -0.39 is 0 Å². The van der Waals surface area contributed by atoms with Crippen molar-refractivity contribution in [3.63, 3.8) is 0 Å². The van der Waals surface area contributed by atoms with E-state index in [1.165, 1.54) is 10.9 Å².